The molecular formula is C18H20N4O. The molecule has 0 saturated carbocycles. The van der Waals surface area contributed by atoms with Crippen molar-refractivity contribution in [3.63, 3.8) is 0 Å². The Morgan fingerprint density at radius 3 is 2.78 bits per heavy atom. The average molecular weight is 308 g/mol. The van der Waals surface area contributed by atoms with Crippen LogP contribution in [0.25, 0.3) is 11.0 Å². The number of benzene rings is 1. The molecule has 0 spiro atoms. The van der Waals surface area contributed by atoms with E-state index in [0.717, 1.165) is 23.4 Å². The first-order chi connectivity index (χ1) is 11.1. The second-order valence-corrected chi connectivity index (χ2v) is 5.95. The number of nitrogens with one attached hydrogen (secondary N) is 1. The Morgan fingerprint density at radius 2 is 2.04 bits per heavy atom. The summed E-state index contributed by atoms with van der Waals surface area (Å²) in [5.41, 5.74) is 2.62. The molecule has 0 atom stereocenters. The maximum atomic E-state index is 12.2. The van der Waals surface area contributed by atoms with Crippen molar-refractivity contribution >= 4 is 16.9 Å². The highest BCUT2D eigenvalue weighted by molar-refractivity contribution is 5.93. The van der Waals surface area contributed by atoms with Gasteiger partial charge in [0.05, 0.1) is 23.1 Å². The van der Waals surface area contributed by atoms with Crippen LogP contribution in [-0.4, -0.2) is 20.4 Å². The highest BCUT2D eigenvalue weighted by Crippen LogP contribution is 2.17. The van der Waals surface area contributed by atoms with E-state index >= 15 is 0 Å². The summed E-state index contributed by atoms with van der Waals surface area (Å²) in [4.78, 5) is 20.8. The summed E-state index contributed by atoms with van der Waals surface area (Å²) >= 11 is 0. The van der Waals surface area contributed by atoms with Gasteiger partial charge in [-0.2, -0.15) is 0 Å². The van der Waals surface area contributed by atoms with Crippen LogP contribution in [0.15, 0.2) is 48.8 Å². The summed E-state index contributed by atoms with van der Waals surface area (Å²) < 4.78 is 2.18. The molecule has 1 aromatic carbocycles. The predicted molar refractivity (Wildman–Crippen MR) is 90.0 cm³/mol. The number of nitrogens with zero attached hydrogens (tertiary/aromatic N) is 3. The van der Waals surface area contributed by atoms with E-state index in [0.29, 0.717) is 18.0 Å². The van der Waals surface area contributed by atoms with Crippen molar-refractivity contribution in [1.82, 2.24) is 19.9 Å². The third-order valence-corrected chi connectivity index (χ3v) is 3.61. The molecule has 3 aromatic rings. The highest BCUT2D eigenvalue weighted by atomic mass is 16.1. The number of hydrogen-bond acceptors (Lipinski definition) is 3. The van der Waals surface area contributed by atoms with Crippen molar-refractivity contribution in [2.75, 3.05) is 0 Å². The van der Waals surface area contributed by atoms with Crippen molar-refractivity contribution in [2.24, 2.45) is 5.92 Å². The van der Waals surface area contributed by atoms with E-state index in [2.05, 4.69) is 39.8 Å². The SMILES string of the molecule is CC(C)Cn1c(CNC(=O)c2cccnc2)nc2ccccc21. The first-order valence-electron chi connectivity index (χ1n) is 7.77. The molecule has 1 amide bonds. The van der Waals surface area contributed by atoms with Crippen molar-refractivity contribution in [3.8, 4) is 0 Å². The molecule has 5 heteroatoms. The predicted octanol–water partition coefficient (Wildman–Crippen LogP) is 3.02. The standard InChI is InChI=1S/C18H20N4O/c1-13(2)12-22-16-8-4-3-7-15(16)21-17(22)11-20-18(23)14-6-5-9-19-10-14/h3-10,13H,11-12H2,1-2H3,(H,20,23). The molecule has 1 N–H and O–H groups in total. The van der Waals surface area contributed by atoms with Crippen molar-refractivity contribution in [1.29, 1.82) is 0 Å². The maximum absolute atomic E-state index is 12.2. The Labute approximate surface area is 135 Å². The zero-order chi connectivity index (χ0) is 16.2. The van der Waals surface area contributed by atoms with Gasteiger partial charge in [-0.3, -0.25) is 9.78 Å². The van der Waals surface area contributed by atoms with Gasteiger partial charge in [0.1, 0.15) is 5.82 Å². The molecule has 2 heterocycles. The zero-order valence-electron chi connectivity index (χ0n) is 13.4. The molecule has 0 unspecified atom stereocenters. The average Bonchev–Trinajstić information content (AvgIpc) is 2.91. The number of hydrogen-bond donors (Lipinski definition) is 1. The lowest BCUT2D eigenvalue weighted by Gasteiger charge is -2.12. The molecule has 118 valence electrons. The van der Waals surface area contributed by atoms with Gasteiger partial charge >= 0.3 is 0 Å². The number of carbonyl (C=O) groups excluding carboxylic acids is 1. The van der Waals surface area contributed by atoms with Crippen molar-refractivity contribution in [3.05, 3.63) is 60.2 Å². The van der Waals surface area contributed by atoms with E-state index in [1.165, 1.54) is 0 Å². The molecule has 0 bridgehead atoms. The molecule has 0 fully saturated rings. The van der Waals surface area contributed by atoms with Gasteiger partial charge in [0.25, 0.3) is 5.91 Å². The van der Waals surface area contributed by atoms with Gasteiger partial charge in [0.2, 0.25) is 0 Å². The van der Waals surface area contributed by atoms with Gasteiger partial charge in [-0.25, -0.2) is 4.98 Å². The first kappa shape index (κ1) is 15.2. The largest absolute Gasteiger partial charge is 0.345 e. The number of para-hydroxylation sites is 2. The lowest BCUT2D eigenvalue weighted by Crippen LogP contribution is -2.25. The summed E-state index contributed by atoms with van der Waals surface area (Å²) in [6.07, 6.45) is 3.21. The molecule has 0 radical (unpaired) electrons. The van der Waals surface area contributed by atoms with Crippen LogP contribution in [0.4, 0.5) is 0 Å². The maximum Gasteiger partial charge on any atom is 0.253 e. The fraction of sp³-hybridized carbons (Fsp3) is 0.278. The smallest absolute Gasteiger partial charge is 0.253 e. The van der Waals surface area contributed by atoms with E-state index in [4.69, 9.17) is 0 Å². The quantitative estimate of drug-likeness (QED) is 0.788. The monoisotopic (exact) mass is 308 g/mol. The van der Waals surface area contributed by atoms with Crippen LogP contribution in [-0.2, 0) is 13.1 Å². The third-order valence-electron chi connectivity index (χ3n) is 3.61. The molecule has 5 nitrogen and oxygen atoms in total. The van der Waals surface area contributed by atoms with Crippen LogP contribution in [0.1, 0.15) is 30.0 Å². The van der Waals surface area contributed by atoms with Gasteiger partial charge < -0.3 is 9.88 Å². The van der Waals surface area contributed by atoms with E-state index in [-0.39, 0.29) is 5.91 Å². The molecular weight excluding hydrogens is 288 g/mol. The van der Waals surface area contributed by atoms with Gasteiger partial charge in [-0.1, -0.05) is 26.0 Å². The summed E-state index contributed by atoms with van der Waals surface area (Å²) in [5.74, 6) is 1.23. The van der Waals surface area contributed by atoms with Crippen LogP contribution in [0, 0.1) is 5.92 Å². The Bertz CT molecular complexity index is 808. The van der Waals surface area contributed by atoms with Crippen molar-refractivity contribution in [2.45, 2.75) is 26.9 Å². The van der Waals surface area contributed by atoms with Crippen LogP contribution >= 0.6 is 0 Å². The zero-order valence-corrected chi connectivity index (χ0v) is 13.4. The first-order valence-corrected chi connectivity index (χ1v) is 7.77. The summed E-state index contributed by atoms with van der Waals surface area (Å²) in [6.45, 7) is 5.62. The second kappa shape index (κ2) is 6.60. The van der Waals surface area contributed by atoms with E-state index < -0.39 is 0 Å². The molecule has 0 aliphatic carbocycles. The Hall–Kier alpha value is -2.69. The molecule has 0 aliphatic rings. The number of carbonyl (C=O) groups is 1. The highest BCUT2D eigenvalue weighted by Gasteiger charge is 2.13. The second-order valence-electron chi connectivity index (χ2n) is 5.95. The Balaban J connectivity index is 1.83. The Morgan fingerprint density at radius 1 is 1.22 bits per heavy atom. The number of rotatable bonds is 5. The number of fused-ring (bicyclic) bond motifs is 1. The molecule has 0 aliphatic heterocycles. The van der Waals surface area contributed by atoms with Gasteiger partial charge in [-0.15, -0.1) is 0 Å². The normalized spacial score (nSPS) is 11.1. The fourth-order valence-electron chi connectivity index (χ4n) is 2.59. The topological polar surface area (TPSA) is 59.8 Å². The lowest BCUT2D eigenvalue weighted by molar-refractivity contribution is 0.0949. The minimum atomic E-state index is -0.138. The Kier molecular flexibility index (Phi) is 4.37. The summed E-state index contributed by atoms with van der Waals surface area (Å²) in [6, 6.07) is 11.6. The minimum Gasteiger partial charge on any atom is -0.345 e. The molecule has 2 aromatic heterocycles. The molecule has 0 saturated heterocycles. The van der Waals surface area contributed by atoms with Gasteiger partial charge in [-0.05, 0) is 30.2 Å². The number of amides is 1. The molecule has 3 rings (SSSR count). The van der Waals surface area contributed by atoms with E-state index in [1.807, 2.05) is 18.2 Å². The van der Waals surface area contributed by atoms with Crippen LogP contribution < -0.4 is 5.32 Å². The number of aromatic nitrogens is 3. The number of pyridine rings is 1. The van der Waals surface area contributed by atoms with E-state index in [1.54, 1.807) is 24.5 Å². The van der Waals surface area contributed by atoms with Crippen LogP contribution in [0.2, 0.25) is 0 Å². The van der Waals surface area contributed by atoms with Crippen LogP contribution in [0.5, 0.6) is 0 Å². The summed E-state index contributed by atoms with van der Waals surface area (Å²) in [7, 11) is 0. The van der Waals surface area contributed by atoms with Crippen molar-refractivity contribution < 1.29 is 4.79 Å². The molecule has 23 heavy (non-hydrogen) atoms. The minimum absolute atomic E-state index is 0.138. The van der Waals surface area contributed by atoms with E-state index in [9.17, 15) is 4.79 Å². The van der Waals surface area contributed by atoms with Gasteiger partial charge in [0, 0.05) is 18.9 Å². The number of imidazole rings is 1. The van der Waals surface area contributed by atoms with Gasteiger partial charge in [0.15, 0.2) is 0 Å². The third kappa shape index (κ3) is 3.39. The fourth-order valence-corrected chi connectivity index (χ4v) is 2.59. The summed E-state index contributed by atoms with van der Waals surface area (Å²) in [5, 5.41) is 2.93. The van der Waals surface area contributed by atoms with Crippen LogP contribution in [0.3, 0.4) is 0 Å². The lowest BCUT2D eigenvalue weighted by atomic mass is 10.2.